The Labute approximate surface area is 143 Å². The molecule has 5 heteroatoms. The highest BCUT2D eigenvalue weighted by molar-refractivity contribution is 6.00. The molecule has 25 heavy (non-hydrogen) atoms. The van der Waals surface area contributed by atoms with Gasteiger partial charge in [0.1, 0.15) is 5.76 Å². The fourth-order valence-corrected chi connectivity index (χ4v) is 2.97. The Hall–Kier alpha value is -2.56. The average molecular weight is 346 g/mol. The van der Waals surface area contributed by atoms with E-state index in [1.807, 2.05) is 18.2 Å². The molecule has 0 fully saturated rings. The zero-order valence-corrected chi connectivity index (χ0v) is 13.7. The molecule has 0 N–H and O–H groups in total. The molecule has 2 aromatic carbocycles. The molecule has 0 saturated heterocycles. The molecular weight excluding hydrogens is 329 g/mol. The lowest BCUT2D eigenvalue weighted by Gasteiger charge is -2.15. The molecule has 0 amide bonds. The van der Waals surface area contributed by atoms with Gasteiger partial charge in [0.05, 0.1) is 6.61 Å². The number of benzene rings is 2. The third kappa shape index (κ3) is 3.60. The Morgan fingerprint density at radius 2 is 2.04 bits per heavy atom. The summed E-state index contributed by atoms with van der Waals surface area (Å²) in [4.78, 5) is 11.3. The van der Waals surface area contributed by atoms with Crippen LogP contribution in [0.3, 0.4) is 0 Å². The number of allylic oxidation sites excluding steroid dienone is 2. The highest BCUT2D eigenvalue weighted by Gasteiger charge is 2.37. The molecule has 0 bridgehead atoms. The first-order chi connectivity index (χ1) is 11.9. The minimum Gasteiger partial charge on any atom is -0.493 e. The lowest BCUT2D eigenvalue weighted by molar-refractivity contribution is -0.165. The normalized spacial score (nSPS) is 14.5. The van der Waals surface area contributed by atoms with Crippen LogP contribution in [-0.4, -0.2) is 18.6 Å². The quantitative estimate of drug-likeness (QED) is 0.554. The van der Waals surface area contributed by atoms with Crippen molar-refractivity contribution in [2.24, 2.45) is 0 Å². The van der Waals surface area contributed by atoms with E-state index >= 15 is 0 Å². The number of fused-ring (bicyclic) bond motifs is 3. The smallest absolute Gasteiger partial charge is 0.454 e. The van der Waals surface area contributed by atoms with Crippen LogP contribution in [0.2, 0.25) is 0 Å². The molecule has 0 aliphatic heterocycles. The average Bonchev–Trinajstić information content (AvgIpc) is 2.60. The summed E-state index contributed by atoms with van der Waals surface area (Å²) in [6.07, 6.45) is 1.78. The molecule has 2 nitrogen and oxygen atoms in total. The third-order valence-corrected chi connectivity index (χ3v) is 4.14. The molecular formula is C20H17F3O2. The topological polar surface area (TPSA) is 26.3 Å². The number of aryl methyl sites for hydroxylation is 1. The molecule has 0 atom stereocenters. The lowest BCUT2D eigenvalue weighted by atomic mass is 9.91. The third-order valence-electron chi connectivity index (χ3n) is 4.14. The summed E-state index contributed by atoms with van der Waals surface area (Å²) in [6.45, 7) is 1.83. The van der Waals surface area contributed by atoms with Gasteiger partial charge in [-0.2, -0.15) is 13.2 Å². The van der Waals surface area contributed by atoms with E-state index in [-0.39, 0.29) is 12.4 Å². The second kappa shape index (κ2) is 6.75. The Kier molecular flexibility index (Phi) is 4.66. The maximum Gasteiger partial charge on any atom is 0.454 e. The lowest BCUT2D eigenvalue weighted by Crippen LogP contribution is -2.20. The molecule has 1 aliphatic carbocycles. The monoisotopic (exact) mass is 346 g/mol. The van der Waals surface area contributed by atoms with E-state index in [1.54, 1.807) is 19.1 Å². The molecule has 130 valence electrons. The first-order valence-electron chi connectivity index (χ1n) is 8.08. The SMILES string of the molecule is CCO/C(=C\C(=O)C(F)(F)F)c1ccc2c3c(ccc2c1)CCC=C3. The molecule has 3 rings (SSSR count). The first-order valence-corrected chi connectivity index (χ1v) is 8.08. The van der Waals surface area contributed by atoms with E-state index < -0.39 is 12.0 Å². The minimum atomic E-state index is -4.91. The Balaban J connectivity index is 2.06. The van der Waals surface area contributed by atoms with Crippen LogP contribution in [0, 0.1) is 0 Å². The molecule has 0 spiro atoms. The van der Waals surface area contributed by atoms with Crippen LogP contribution in [-0.2, 0) is 16.0 Å². The van der Waals surface area contributed by atoms with Crippen LogP contribution < -0.4 is 0 Å². The standard InChI is InChI=1S/C20H17F3O2/c1-2-25-18(12-19(24)20(21,22)23)15-9-10-17-14(11-15)8-7-13-5-3-4-6-16(13)17/h4,6-12H,2-3,5H2,1H3/b18-12-. The van der Waals surface area contributed by atoms with Crippen molar-refractivity contribution in [2.45, 2.75) is 25.9 Å². The second-order valence-corrected chi connectivity index (χ2v) is 5.82. The van der Waals surface area contributed by atoms with Crippen LogP contribution in [0.25, 0.3) is 22.6 Å². The summed E-state index contributed by atoms with van der Waals surface area (Å²) in [6, 6.07) is 9.30. The van der Waals surface area contributed by atoms with Crippen LogP contribution in [0.1, 0.15) is 30.0 Å². The van der Waals surface area contributed by atoms with Gasteiger partial charge in [-0.1, -0.05) is 36.4 Å². The van der Waals surface area contributed by atoms with Crippen molar-refractivity contribution >= 4 is 28.4 Å². The van der Waals surface area contributed by atoms with Gasteiger partial charge in [-0.25, -0.2) is 0 Å². The largest absolute Gasteiger partial charge is 0.493 e. The van der Waals surface area contributed by atoms with Crippen LogP contribution in [0.4, 0.5) is 13.2 Å². The van der Waals surface area contributed by atoms with Crippen LogP contribution in [0.5, 0.6) is 0 Å². The number of hydrogen-bond donors (Lipinski definition) is 0. The van der Waals surface area contributed by atoms with Crippen molar-refractivity contribution in [3.8, 4) is 0 Å². The maximum atomic E-state index is 12.5. The van der Waals surface area contributed by atoms with Gasteiger partial charge in [-0.15, -0.1) is 0 Å². The van der Waals surface area contributed by atoms with E-state index in [4.69, 9.17) is 4.74 Å². The zero-order valence-electron chi connectivity index (χ0n) is 13.7. The van der Waals surface area contributed by atoms with Gasteiger partial charge in [0.2, 0.25) is 0 Å². The van der Waals surface area contributed by atoms with Crippen LogP contribution >= 0.6 is 0 Å². The number of alkyl halides is 3. The molecule has 2 aromatic rings. The Bertz CT molecular complexity index is 876. The molecule has 0 unspecified atom stereocenters. The number of ketones is 1. The first kappa shape index (κ1) is 17.3. The van der Waals surface area contributed by atoms with Crippen molar-refractivity contribution in [1.82, 2.24) is 0 Å². The summed E-state index contributed by atoms with van der Waals surface area (Å²) in [7, 11) is 0. The van der Waals surface area contributed by atoms with E-state index in [0.717, 1.165) is 29.2 Å². The van der Waals surface area contributed by atoms with Gasteiger partial charge >= 0.3 is 6.18 Å². The van der Waals surface area contributed by atoms with Gasteiger partial charge in [-0.3, -0.25) is 4.79 Å². The van der Waals surface area contributed by atoms with E-state index in [1.165, 1.54) is 5.56 Å². The van der Waals surface area contributed by atoms with Crippen molar-refractivity contribution in [3.63, 3.8) is 0 Å². The van der Waals surface area contributed by atoms with Crippen molar-refractivity contribution in [3.05, 3.63) is 59.2 Å². The van der Waals surface area contributed by atoms with Crippen molar-refractivity contribution < 1.29 is 22.7 Å². The highest BCUT2D eigenvalue weighted by atomic mass is 19.4. The summed E-state index contributed by atoms with van der Waals surface area (Å²) in [5, 5.41) is 1.93. The summed E-state index contributed by atoms with van der Waals surface area (Å²) in [5.41, 5.74) is 2.85. The van der Waals surface area contributed by atoms with Gasteiger partial charge in [-0.05, 0) is 47.7 Å². The molecule has 0 saturated carbocycles. The van der Waals surface area contributed by atoms with Gasteiger partial charge in [0.15, 0.2) is 0 Å². The van der Waals surface area contributed by atoms with Crippen molar-refractivity contribution in [2.75, 3.05) is 6.61 Å². The summed E-state index contributed by atoms with van der Waals surface area (Å²) < 4.78 is 42.9. The number of hydrogen-bond acceptors (Lipinski definition) is 2. The predicted molar refractivity (Wildman–Crippen MR) is 92.0 cm³/mol. The van der Waals surface area contributed by atoms with Gasteiger partial charge in [0, 0.05) is 11.6 Å². The molecule has 0 aromatic heterocycles. The highest BCUT2D eigenvalue weighted by Crippen LogP contribution is 2.31. The van der Waals surface area contributed by atoms with Crippen molar-refractivity contribution in [1.29, 1.82) is 0 Å². The second-order valence-electron chi connectivity index (χ2n) is 5.82. The van der Waals surface area contributed by atoms with Gasteiger partial charge in [0.25, 0.3) is 5.78 Å². The van der Waals surface area contributed by atoms with E-state index in [0.29, 0.717) is 11.6 Å². The van der Waals surface area contributed by atoms with E-state index in [9.17, 15) is 18.0 Å². The number of halogens is 3. The zero-order chi connectivity index (χ0) is 18.0. The van der Waals surface area contributed by atoms with Crippen LogP contribution in [0.15, 0.2) is 42.5 Å². The fraction of sp³-hybridized carbons (Fsp3) is 0.250. The van der Waals surface area contributed by atoms with E-state index in [2.05, 4.69) is 12.2 Å². The number of ether oxygens (including phenoxy) is 1. The molecule has 1 aliphatic rings. The number of rotatable bonds is 4. The number of carbonyl (C=O) groups is 1. The Morgan fingerprint density at radius 1 is 1.24 bits per heavy atom. The summed E-state index contributed by atoms with van der Waals surface area (Å²) >= 11 is 0. The maximum absolute atomic E-state index is 12.5. The minimum absolute atomic E-state index is 0.0695. The number of carbonyl (C=O) groups excluding carboxylic acids is 1. The predicted octanol–water partition coefficient (Wildman–Crippen LogP) is 5.31. The van der Waals surface area contributed by atoms with Gasteiger partial charge < -0.3 is 4.74 Å². The molecule has 0 heterocycles. The Morgan fingerprint density at radius 3 is 2.76 bits per heavy atom. The molecule has 0 radical (unpaired) electrons. The fourth-order valence-electron chi connectivity index (χ4n) is 2.97. The summed E-state index contributed by atoms with van der Waals surface area (Å²) in [5.74, 6) is -2.00.